The Hall–Kier alpha value is -0.585. The van der Waals surface area contributed by atoms with Crippen LogP contribution in [-0.4, -0.2) is 41.8 Å². The average Bonchev–Trinajstić information content (AvgIpc) is 2.76. The van der Waals surface area contributed by atoms with Crippen LogP contribution in [0, 0.1) is 0 Å². The van der Waals surface area contributed by atoms with Gasteiger partial charge in [-0.3, -0.25) is 0 Å². The smallest absolute Gasteiger partial charge is 0.418 e. The van der Waals surface area contributed by atoms with E-state index in [2.05, 4.69) is 4.58 Å². The largest absolute Gasteiger partial charge is 0.673 e. The van der Waals surface area contributed by atoms with Gasteiger partial charge in [-0.1, -0.05) is 6.42 Å². The van der Waals surface area contributed by atoms with Crippen LogP contribution in [0.2, 0.25) is 0 Å². The summed E-state index contributed by atoms with van der Waals surface area (Å²) < 4.78 is 41.5. The number of rotatable bonds is 1. The van der Waals surface area contributed by atoms with Crippen LogP contribution >= 0.6 is 0 Å². The fraction of sp³-hybridized carbons (Fsp3) is 0.909. The summed E-state index contributed by atoms with van der Waals surface area (Å²) in [6.45, 7) is 1.55. The molecule has 1 saturated carbocycles. The third kappa shape index (κ3) is 5.84. The van der Waals surface area contributed by atoms with Crippen LogP contribution in [0.4, 0.5) is 17.3 Å². The van der Waals surface area contributed by atoms with Crippen molar-refractivity contribution in [3.63, 3.8) is 0 Å². The van der Waals surface area contributed by atoms with Crippen molar-refractivity contribution in [2.24, 2.45) is 0 Å². The Balaban J connectivity index is 0.000000280. The SMILES string of the molecule is F[B-](F)(F)F.OC[C@@H]1CCC[N+]1=C1CCCCC1. The third-order valence-electron chi connectivity index (χ3n) is 3.42. The Labute approximate surface area is 105 Å². The van der Waals surface area contributed by atoms with Gasteiger partial charge in [0.1, 0.15) is 13.2 Å². The average molecular weight is 269 g/mol. The Morgan fingerprint density at radius 2 is 1.61 bits per heavy atom. The molecule has 7 heteroatoms. The minimum Gasteiger partial charge on any atom is -0.418 e. The van der Waals surface area contributed by atoms with E-state index in [0.717, 1.165) is 0 Å². The van der Waals surface area contributed by atoms with E-state index >= 15 is 0 Å². The van der Waals surface area contributed by atoms with Crippen molar-refractivity contribution in [2.45, 2.75) is 51.0 Å². The molecule has 1 aliphatic carbocycles. The predicted molar refractivity (Wildman–Crippen MR) is 63.5 cm³/mol. The first-order valence-corrected chi connectivity index (χ1v) is 6.51. The lowest BCUT2D eigenvalue weighted by atomic mass is 9.98. The fourth-order valence-electron chi connectivity index (χ4n) is 2.69. The van der Waals surface area contributed by atoms with Gasteiger partial charge in [-0.05, 0) is 12.8 Å². The molecule has 2 fully saturated rings. The van der Waals surface area contributed by atoms with Gasteiger partial charge in [0.15, 0.2) is 11.8 Å². The van der Waals surface area contributed by atoms with Crippen LogP contribution in [0.5, 0.6) is 0 Å². The van der Waals surface area contributed by atoms with Gasteiger partial charge < -0.3 is 22.4 Å². The van der Waals surface area contributed by atoms with Gasteiger partial charge in [-0.2, -0.15) is 0 Å². The summed E-state index contributed by atoms with van der Waals surface area (Å²) in [4.78, 5) is 0. The Morgan fingerprint density at radius 3 is 2.11 bits per heavy atom. The lowest BCUT2D eigenvalue weighted by molar-refractivity contribution is -0.549. The lowest BCUT2D eigenvalue weighted by Gasteiger charge is -2.14. The maximum Gasteiger partial charge on any atom is 0.673 e. The molecule has 0 aromatic rings. The topological polar surface area (TPSA) is 23.2 Å². The van der Waals surface area contributed by atoms with E-state index in [-0.39, 0.29) is 0 Å². The molecule has 1 atom stereocenters. The van der Waals surface area contributed by atoms with Gasteiger partial charge in [0, 0.05) is 25.7 Å². The van der Waals surface area contributed by atoms with Crippen molar-refractivity contribution in [2.75, 3.05) is 13.2 Å². The molecule has 0 unspecified atom stereocenters. The zero-order chi connectivity index (χ0) is 13.6. The van der Waals surface area contributed by atoms with Gasteiger partial charge >= 0.3 is 7.25 Å². The molecule has 2 nitrogen and oxygen atoms in total. The molecular formula is C11H20BF4NO. The highest BCUT2D eigenvalue weighted by molar-refractivity contribution is 6.50. The zero-order valence-corrected chi connectivity index (χ0v) is 10.4. The Morgan fingerprint density at radius 1 is 1.06 bits per heavy atom. The fourth-order valence-corrected chi connectivity index (χ4v) is 2.69. The first-order valence-electron chi connectivity index (χ1n) is 6.51. The first kappa shape index (κ1) is 15.5. The molecule has 1 saturated heterocycles. The van der Waals surface area contributed by atoms with Crippen molar-refractivity contribution in [1.82, 2.24) is 0 Å². The predicted octanol–water partition coefficient (Wildman–Crippen LogP) is 2.86. The second-order valence-electron chi connectivity index (χ2n) is 4.79. The van der Waals surface area contributed by atoms with Crippen LogP contribution in [0.3, 0.4) is 0 Å². The molecule has 0 radical (unpaired) electrons. The van der Waals surface area contributed by atoms with Gasteiger partial charge in [0.25, 0.3) is 0 Å². The molecule has 0 aromatic carbocycles. The molecule has 1 heterocycles. The molecule has 2 rings (SSSR count). The van der Waals surface area contributed by atoms with Gasteiger partial charge in [-0.15, -0.1) is 0 Å². The van der Waals surface area contributed by atoms with E-state index in [1.807, 2.05) is 0 Å². The van der Waals surface area contributed by atoms with E-state index in [1.54, 1.807) is 5.71 Å². The molecule has 0 bridgehead atoms. The second-order valence-corrected chi connectivity index (χ2v) is 4.79. The molecule has 2 aliphatic rings. The minimum atomic E-state index is -6.00. The van der Waals surface area contributed by atoms with Crippen molar-refractivity contribution >= 4 is 13.0 Å². The highest BCUT2D eigenvalue weighted by Crippen LogP contribution is 2.19. The molecule has 1 N–H and O–H groups in total. The summed E-state index contributed by atoms with van der Waals surface area (Å²) in [5.41, 5.74) is 1.63. The molecular weight excluding hydrogens is 249 g/mol. The van der Waals surface area contributed by atoms with Gasteiger partial charge in [-0.25, -0.2) is 4.58 Å². The normalized spacial score (nSPS) is 24.8. The van der Waals surface area contributed by atoms with Crippen molar-refractivity contribution < 1.29 is 26.9 Å². The Bertz CT molecular complexity index is 279. The van der Waals surface area contributed by atoms with Crippen LogP contribution in [-0.2, 0) is 0 Å². The van der Waals surface area contributed by atoms with Crippen LogP contribution in [0.25, 0.3) is 0 Å². The Kier molecular flexibility index (Phi) is 6.12. The van der Waals surface area contributed by atoms with Crippen molar-refractivity contribution in [1.29, 1.82) is 0 Å². The van der Waals surface area contributed by atoms with Crippen molar-refractivity contribution in [3.8, 4) is 0 Å². The summed E-state index contributed by atoms with van der Waals surface area (Å²) in [5.74, 6) is 0. The van der Waals surface area contributed by atoms with Crippen LogP contribution < -0.4 is 0 Å². The maximum absolute atomic E-state index is 9.75. The number of hydrogen-bond acceptors (Lipinski definition) is 1. The van der Waals surface area contributed by atoms with Gasteiger partial charge in [0.2, 0.25) is 0 Å². The molecule has 18 heavy (non-hydrogen) atoms. The number of aliphatic hydroxyl groups is 1. The number of hydrogen-bond donors (Lipinski definition) is 1. The molecule has 0 amide bonds. The molecule has 106 valence electrons. The molecule has 1 aliphatic heterocycles. The summed E-state index contributed by atoms with van der Waals surface area (Å²) in [7, 11) is -6.00. The number of halogens is 4. The zero-order valence-electron chi connectivity index (χ0n) is 10.4. The van der Waals surface area contributed by atoms with E-state index < -0.39 is 7.25 Å². The molecule has 0 spiro atoms. The van der Waals surface area contributed by atoms with E-state index in [0.29, 0.717) is 12.6 Å². The number of nitrogens with zero attached hydrogens (tertiary/aromatic N) is 1. The summed E-state index contributed by atoms with van der Waals surface area (Å²) in [6, 6.07) is 0.452. The summed E-state index contributed by atoms with van der Waals surface area (Å²) >= 11 is 0. The number of aliphatic hydroxyl groups excluding tert-OH is 1. The lowest BCUT2D eigenvalue weighted by Crippen LogP contribution is -2.30. The second kappa shape index (κ2) is 7.11. The van der Waals surface area contributed by atoms with E-state index in [9.17, 15) is 22.4 Å². The molecule has 0 aromatic heterocycles. The first-order chi connectivity index (χ1) is 8.42. The van der Waals surface area contributed by atoms with Crippen molar-refractivity contribution in [3.05, 3.63) is 0 Å². The maximum atomic E-state index is 9.75. The minimum absolute atomic E-state index is 0.351. The quantitative estimate of drug-likeness (QED) is 0.441. The van der Waals surface area contributed by atoms with E-state index in [4.69, 9.17) is 0 Å². The standard InChI is InChI=1S/C11H20NO.BF4/c13-9-11-7-4-8-12(11)10-5-2-1-3-6-10;2-1(3,4)5/h11,13H,1-9H2;/q+1;-1/t11-;/m0./s1. The third-order valence-corrected chi connectivity index (χ3v) is 3.42. The summed E-state index contributed by atoms with van der Waals surface area (Å²) in [5, 5.41) is 9.21. The van der Waals surface area contributed by atoms with Crippen LogP contribution in [0.15, 0.2) is 0 Å². The highest BCUT2D eigenvalue weighted by atomic mass is 19.5. The highest BCUT2D eigenvalue weighted by Gasteiger charge is 2.30. The van der Waals surface area contributed by atoms with Crippen LogP contribution in [0.1, 0.15) is 44.9 Å². The summed E-state index contributed by atoms with van der Waals surface area (Å²) in [6.07, 6.45) is 9.18. The van der Waals surface area contributed by atoms with E-state index in [1.165, 1.54) is 51.5 Å². The monoisotopic (exact) mass is 269 g/mol. The van der Waals surface area contributed by atoms with Gasteiger partial charge in [0.05, 0.1) is 0 Å².